The molecule has 2 aliphatic rings. The van der Waals surface area contributed by atoms with Crippen molar-refractivity contribution in [3.63, 3.8) is 0 Å². The Labute approximate surface area is 97.5 Å². The Hall–Kier alpha value is -0.770. The lowest BCUT2D eigenvalue weighted by atomic mass is 10.00. The molecule has 1 aliphatic heterocycles. The quantitative estimate of drug-likeness (QED) is 0.552. The van der Waals surface area contributed by atoms with Crippen LogP contribution in [0.15, 0.2) is 4.99 Å². The minimum absolute atomic E-state index is 0.0771. The van der Waals surface area contributed by atoms with Crippen LogP contribution in [0, 0.1) is 11.3 Å². The normalized spacial score (nSPS) is 25.9. The zero-order chi connectivity index (χ0) is 11.6. The Kier molecular flexibility index (Phi) is 3.38. The molecule has 0 unspecified atom stereocenters. The molecule has 1 aliphatic carbocycles. The summed E-state index contributed by atoms with van der Waals surface area (Å²) in [6.07, 6.45) is 4.61. The number of aliphatic hydroxyl groups excluding tert-OH is 1. The molecule has 0 radical (unpaired) electrons. The molecule has 0 aromatic heterocycles. The topological polar surface area (TPSA) is 61.8 Å². The second kappa shape index (κ2) is 4.62. The molecule has 2 rings (SSSR count). The van der Waals surface area contributed by atoms with Crippen LogP contribution in [0.3, 0.4) is 0 Å². The van der Waals surface area contributed by atoms with Gasteiger partial charge in [0.15, 0.2) is 5.96 Å². The van der Waals surface area contributed by atoms with E-state index in [1.165, 1.54) is 12.8 Å². The first kappa shape index (κ1) is 11.7. The summed E-state index contributed by atoms with van der Waals surface area (Å²) in [5.41, 5.74) is 6.05. The summed E-state index contributed by atoms with van der Waals surface area (Å²) in [6.45, 7) is 5.29. The highest BCUT2D eigenvalue weighted by Crippen LogP contribution is 2.45. The second-order valence-electron chi connectivity index (χ2n) is 5.50. The van der Waals surface area contributed by atoms with E-state index in [9.17, 15) is 5.11 Å². The molecule has 16 heavy (non-hydrogen) atoms. The average Bonchev–Trinajstić information content (AvgIpc) is 3.08. The van der Waals surface area contributed by atoms with E-state index >= 15 is 0 Å². The molecular formula is C12H23N3O. The Morgan fingerprint density at radius 2 is 2.06 bits per heavy atom. The maximum atomic E-state index is 9.19. The van der Waals surface area contributed by atoms with Crippen molar-refractivity contribution in [3.05, 3.63) is 0 Å². The molecule has 1 heterocycles. The van der Waals surface area contributed by atoms with Gasteiger partial charge in [-0.25, -0.2) is 0 Å². The largest absolute Gasteiger partial charge is 0.396 e. The number of aliphatic hydroxyl groups is 1. The van der Waals surface area contributed by atoms with Crippen molar-refractivity contribution in [2.75, 3.05) is 26.2 Å². The minimum Gasteiger partial charge on any atom is -0.396 e. The van der Waals surface area contributed by atoms with Gasteiger partial charge in [0.1, 0.15) is 0 Å². The van der Waals surface area contributed by atoms with Crippen LogP contribution < -0.4 is 5.73 Å². The number of aliphatic imine (C=N–C) groups is 1. The molecule has 0 aromatic rings. The zero-order valence-corrected chi connectivity index (χ0v) is 10.2. The fourth-order valence-corrected chi connectivity index (χ4v) is 2.13. The molecular weight excluding hydrogens is 202 g/mol. The van der Waals surface area contributed by atoms with Crippen LogP contribution in [0.1, 0.15) is 32.6 Å². The molecule has 3 N–H and O–H groups in total. The number of piperidine rings is 1. The van der Waals surface area contributed by atoms with Gasteiger partial charge in [-0.15, -0.1) is 0 Å². The van der Waals surface area contributed by atoms with Crippen LogP contribution in [0.5, 0.6) is 0 Å². The fraction of sp³-hybridized carbons (Fsp3) is 0.917. The predicted octanol–water partition coefficient (Wildman–Crippen LogP) is 0.805. The molecule has 0 aromatic carbocycles. The van der Waals surface area contributed by atoms with Gasteiger partial charge in [0.25, 0.3) is 0 Å². The van der Waals surface area contributed by atoms with Gasteiger partial charge in [0.05, 0.1) is 13.2 Å². The first-order chi connectivity index (χ1) is 7.65. The van der Waals surface area contributed by atoms with Crippen molar-refractivity contribution >= 4 is 5.96 Å². The van der Waals surface area contributed by atoms with E-state index in [1.807, 2.05) is 0 Å². The maximum Gasteiger partial charge on any atom is 0.191 e. The lowest BCUT2D eigenvalue weighted by Crippen LogP contribution is -2.42. The van der Waals surface area contributed by atoms with E-state index in [1.54, 1.807) is 0 Å². The van der Waals surface area contributed by atoms with Gasteiger partial charge in [-0.05, 0) is 31.6 Å². The third-order valence-corrected chi connectivity index (χ3v) is 3.98. The monoisotopic (exact) mass is 225 g/mol. The third-order valence-electron chi connectivity index (χ3n) is 3.98. The molecule has 2 fully saturated rings. The van der Waals surface area contributed by atoms with Crippen molar-refractivity contribution in [1.82, 2.24) is 4.90 Å². The minimum atomic E-state index is 0.0771. The van der Waals surface area contributed by atoms with Gasteiger partial charge in [0, 0.05) is 18.5 Å². The zero-order valence-electron chi connectivity index (χ0n) is 10.2. The van der Waals surface area contributed by atoms with Crippen molar-refractivity contribution in [2.45, 2.75) is 32.6 Å². The molecule has 4 nitrogen and oxygen atoms in total. The molecule has 92 valence electrons. The Bertz CT molecular complexity index is 265. The Morgan fingerprint density at radius 1 is 1.44 bits per heavy atom. The molecule has 0 bridgehead atoms. The SMILES string of the molecule is CC1CCN(C(N)=NCC2(CO)CC2)CC1. The Morgan fingerprint density at radius 3 is 2.56 bits per heavy atom. The fourth-order valence-electron chi connectivity index (χ4n) is 2.13. The summed E-state index contributed by atoms with van der Waals surface area (Å²) in [4.78, 5) is 6.61. The van der Waals surface area contributed by atoms with Crippen LogP contribution in [-0.2, 0) is 0 Å². The van der Waals surface area contributed by atoms with Gasteiger partial charge >= 0.3 is 0 Å². The molecule has 1 saturated carbocycles. The van der Waals surface area contributed by atoms with Gasteiger partial charge in [0.2, 0.25) is 0 Å². The average molecular weight is 225 g/mol. The molecule has 4 heteroatoms. The first-order valence-corrected chi connectivity index (χ1v) is 6.31. The highest BCUT2D eigenvalue weighted by atomic mass is 16.3. The Balaban J connectivity index is 1.82. The van der Waals surface area contributed by atoms with Crippen LogP contribution in [0.4, 0.5) is 0 Å². The highest BCUT2D eigenvalue weighted by Gasteiger charge is 2.41. The summed E-state index contributed by atoms with van der Waals surface area (Å²) in [6, 6.07) is 0. The van der Waals surface area contributed by atoms with E-state index in [0.29, 0.717) is 12.5 Å². The van der Waals surface area contributed by atoms with Crippen LogP contribution >= 0.6 is 0 Å². The van der Waals surface area contributed by atoms with E-state index in [0.717, 1.165) is 31.8 Å². The molecule has 0 atom stereocenters. The highest BCUT2D eigenvalue weighted by molar-refractivity contribution is 5.78. The summed E-state index contributed by atoms with van der Waals surface area (Å²) < 4.78 is 0. The lowest BCUT2D eigenvalue weighted by molar-refractivity contribution is 0.216. The maximum absolute atomic E-state index is 9.19. The smallest absolute Gasteiger partial charge is 0.191 e. The van der Waals surface area contributed by atoms with Gasteiger partial charge in [-0.2, -0.15) is 0 Å². The summed E-state index contributed by atoms with van der Waals surface area (Å²) >= 11 is 0. The predicted molar refractivity (Wildman–Crippen MR) is 65.2 cm³/mol. The third kappa shape index (κ3) is 2.67. The van der Waals surface area contributed by atoms with Gasteiger partial charge < -0.3 is 15.7 Å². The summed E-state index contributed by atoms with van der Waals surface area (Å²) in [7, 11) is 0. The van der Waals surface area contributed by atoms with E-state index < -0.39 is 0 Å². The summed E-state index contributed by atoms with van der Waals surface area (Å²) in [5, 5.41) is 9.19. The number of guanidine groups is 1. The van der Waals surface area contributed by atoms with Crippen molar-refractivity contribution in [1.29, 1.82) is 0 Å². The number of nitrogens with zero attached hydrogens (tertiary/aromatic N) is 2. The number of likely N-dealkylation sites (tertiary alicyclic amines) is 1. The number of nitrogens with two attached hydrogens (primary N) is 1. The van der Waals surface area contributed by atoms with Crippen LogP contribution in [0.25, 0.3) is 0 Å². The van der Waals surface area contributed by atoms with Crippen molar-refractivity contribution < 1.29 is 5.11 Å². The van der Waals surface area contributed by atoms with E-state index in [4.69, 9.17) is 5.73 Å². The van der Waals surface area contributed by atoms with Crippen LogP contribution in [-0.4, -0.2) is 42.2 Å². The number of rotatable bonds is 3. The van der Waals surface area contributed by atoms with Crippen molar-refractivity contribution in [3.8, 4) is 0 Å². The lowest BCUT2D eigenvalue weighted by Gasteiger charge is -2.31. The number of hydrogen-bond donors (Lipinski definition) is 2. The van der Waals surface area contributed by atoms with Crippen LogP contribution in [0.2, 0.25) is 0 Å². The van der Waals surface area contributed by atoms with E-state index in [-0.39, 0.29) is 12.0 Å². The summed E-state index contributed by atoms with van der Waals surface area (Å²) in [5.74, 6) is 1.49. The van der Waals surface area contributed by atoms with Crippen molar-refractivity contribution in [2.24, 2.45) is 22.1 Å². The molecule has 1 saturated heterocycles. The molecule has 0 amide bonds. The first-order valence-electron chi connectivity index (χ1n) is 6.31. The van der Waals surface area contributed by atoms with Gasteiger partial charge in [-0.1, -0.05) is 6.92 Å². The number of hydrogen-bond acceptors (Lipinski definition) is 2. The molecule has 0 spiro atoms. The van der Waals surface area contributed by atoms with Gasteiger partial charge in [-0.3, -0.25) is 4.99 Å². The standard InChI is InChI=1S/C12H23N3O/c1-10-2-6-15(7-3-10)11(13)14-8-12(9-16)4-5-12/h10,16H,2-9H2,1H3,(H2,13,14). The second-order valence-corrected chi connectivity index (χ2v) is 5.50. The van der Waals surface area contributed by atoms with E-state index in [2.05, 4.69) is 16.8 Å².